The number of rotatable bonds is 2. The van der Waals surface area contributed by atoms with Gasteiger partial charge in [0.2, 0.25) is 0 Å². The fourth-order valence-electron chi connectivity index (χ4n) is 2.27. The third-order valence-corrected chi connectivity index (χ3v) is 3.68. The summed E-state index contributed by atoms with van der Waals surface area (Å²) in [5, 5.41) is 8.40. The Morgan fingerprint density at radius 2 is 2.00 bits per heavy atom. The first-order chi connectivity index (χ1) is 8.36. The van der Waals surface area contributed by atoms with Crippen molar-refractivity contribution in [2.24, 2.45) is 0 Å². The standard InChI is InChI=1S/C13H21N3O2/c1-10(17)13(5-7-18-8-6-13)16-9-11(14-15-16)12(2,3)4/h9H,5-8H2,1-4H3. The molecule has 100 valence electrons. The molecule has 1 saturated heterocycles. The van der Waals surface area contributed by atoms with Crippen LogP contribution in [0.5, 0.6) is 0 Å². The summed E-state index contributed by atoms with van der Waals surface area (Å²) < 4.78 is 7.11. The molecule has 0 amide bonds. The Labute approximate surface area is 108 Å². The van der Waals surface area contributed by atoms with Crippen molar-refractivity contribution in [1.29, 1.82) is 0 Å². The minimum Gasteiger partial charge on any atom is -0.381 e. The molecule has 18 heavy (non-hydrogen) atoms. The van der Waals surface area contributed by atoms with Crippen LogP contribution in [0.3, 0.4) is 0 Å². The van der Waals surface area contributed by atoms with E-state index < -0.39 is 5.54 Å². The minimum atomic E-state index is -0.561. The second-order valence-corrected chi connectivity index (χ2v) is 6.00. The van der Waals surface area contributed by atoms with Crippen LogP contribution >= 0.6 is 0 Å². The van der Waals surface area contributed by atoms with Crippen molar-refractivity contribution in [1.82, 2.24) is 15.0 Å². The normalized spacial score (nSPS) is 19.8. The minimum absolute atomic E-state index is 0.0542. The molecule has 1 aromatic heterocycles. The Morgan fingerprint density at radius 3 is 2.44 bits per heavy atom. The predicted molar refractivity (Wildman–Crippen MR) is 67.4 cm³/mol. The highest BCUT2D eigenvalue weighted by Crippen LogP contribution is 2.31. The van der Waals surface area contributed by atoms with Crippen LogP contribution in [0.15, 0.2) is 6.20 Å². The van der Waals surface area contributed by atoms with E-state index in [1.165, 1.54) is 0 Å². The highest BCUT2D eigenvalue weighted by Gasteiger charge is 2.40. The van der Waals surface area contributed by atoms with Gasteiger partial charge in [-0.2, -0.15) is 0 Å². The van der Waals surface area contributed by atoms with E-state index in [1.807, 2.05) is 6.20 Å². The van der Waals surface area contributed by atoms with Gasteiger partial charge >= 0.3 is 0 Å². The maximum atomic E-state index is 12.0. The highest BCUT2D eigenvalue weighted by molar-refractivity contribution is 5.84. The monoisotopic (exact) mass is 251 g/mol. The van der Waals surface area contributed by atoms with Crippen molar-refractivity contribution in [3.63, 3.8) is 0 Å². The zero-order valence-corrected chi connectivity index (χ0v) is 11.6. The van der Waals surface area contributed by atoms with Crippen molar-refractivity contribution in [3.05, 3.63) is 11.9 Å². The number of nitrogens with zero attached hydrogens (tertiary/aromatic N) is 3. The van der Waals surface area contributed by atoms with Gasteiger partial charge in [0.05, 0.1) is 11.9 Å². The van der Waals surface area contributed by atoms with Gasteiger partial charge in [0.25, 0.3) is 0 Å². The van der Waals surface area contributed by atoms with Crippen molar-refractivity contribution in [2.75, 3.05) is 13.2 Å². The number of carbonyl (C=O) groups excluding carboxylic acids is 1. The van der Waals surface area contributed by atoms with E-state index >= 15 is 0 Å². The highest BCUT2D eigenvalue weighted by atomic mass is 16.5. The summed E-state index contributed by atoms with van der Waals surface area (Å²) in [6.07, 6.45) is 3.26. The summed E-state index contributed by atoms with van der Waals surface area (Å²) >= 11 is 0. The average molecular weight is 251 g/mol. The van der Waals surface area contributed by atoms with E-state index in [-0.39, 0.29) is 11.2 Å². The van der Waals surface area contributed by atoms with Gasteiger partial charge in [0, 0.05) is 31.5 Å². The van der Waals surface area contributed by atoms with Crippen LogP contribution in [-0.2, 0) is 20.5 Å². The molecule has 0 spiro atoms. The molecule has 2 rings (SSSR count). The molecule has 5 nitrogen and oxygen atoms in total. The predicted octanol–water partition coefficient (Wildman–Crippen LogP) is 1.67. The largest absolute Gasteiger partial charge is 0.381 e. The molecule has 0 atom stereocenters. The first-order valence-corrected chi connectivity index (χ1v) is 6.38. The van der Waals surface area contributed by atoms with Gasteiger partial charge in [-0.05, 0) is 6.92 Å². The molecule has 0 bridgehead atoms. The lowest BCUT2D eigenvalue weighted by Crippen LogP contribution is -2.45. The lowest BCUT2D eigenvalue weighted by molar-refractivity contribution is -0.131. The van der Waals surface area contributed by atoms with Crippen LogP contribution < -0.4 is 0 Å². The van der Waals surface area contributed by atoms with Crippen molar-refractivity contribution < 1.29 is 9.53 Å². The molecular formula is C13H21N3O2. The van der Waals surface area contributed by atoms with E-state index in [0.29, 0.717) is 26.1 Å². The topological polar surface area (TPSA) is 57.0 Å². The Kier molecular flexibility index (Phi) is 3.27. The van der Waals surface area contributed by atoms with Gasteiger partial charge in [-0.3, -0.25) is 4.79 Å². The molecule has 0 unspecified atom stereocenters. The zero-order chi connectivity index (χ0) is 13.4. The number of ketones is 1. The molecule has 2 heterocycles. The Hall–Kier alpha value is -1.23. The Balaban J connectivity index is 2.38. The van der Waals surface area contributed by atoms with Gasteiger partial charge in [0.15, 0.2) is 5.78 Å². The van der Waals surface area contributed by atoms with Gasteiger partial charge in [-0.1, -0.05) is 26.0 Å². The first-order valence-electron chi connectivity index (χ1n) is 6.38. The van der Waals surface area contributed by atoms with E-state index in [1.54, 1.807) is 11.6 Å². The van der Waals surface area contributed by atoms with E-state index in [2.05, 4.69) is 31.1 Å². The second kappa shape index (κ2) is 4.46. The molecule has 0 radical (unpaired) electrons. The summed E-state index contributed by atoms with van der Waals surface area (Å²) in [4.78, 5) is 12.0. The van der Waals surface area contributed by atoms with Crippen LogP contribution in [0.25, 0.3) is 0 Å². The maximum absolute atomic E-state index is 12.0. The van der Waals surface area contributed by atoms with Gasteiger partial charge in [-0.25, -0.2) is 4.68 Å². The van der Waals surface area contributed by atoms with Crippen molar-refractivity contribution in [3.8, 4) is 0 Å². The first kappa shape index (κ1) is 13.2. The molecule has 1 aliphatic heterocycles. The molecule has 1 aliphatic rings. The smallest absolute Gasteiger partial charge is 0.157 e. The average Bonchev–Trinajstić information content (AvgIpc) is 2.79. The molecule has 0 aromatic carbocycles. The fourth-order valence-corrected chi connectivity index (χ4v) is 2.27. The summed E-state index contributed by atoms with van der Waals surface area (Å²) in [5.74, 6) is 0.135. The maximum Gasteiger partial charge on any atom is 0.157 e. The molecule has 0 saturated carbocycles. The number of hydrogen-bond donors (Lipinski definition) is 0. The zero-order valence-electron chi connectivity index (χ0n) is 11.6. The number of hydrogen-bond acceptors (Lipinski definition) is 4. The fraction of sp³-hybridized carbons (Fsp3) is 0.769. The lowest BCUT2D eigenvalue weighted by atomic mass is 9.86. The van der Waals surface area contributed by atoms with Crippen molar-refractivity contribution >= 4 is 5.78 Å². The number of carbonyl (C=O) groups is 1. The third kappa shape index (κ3) is 2.19. The van der Waals surface area contributed by atoms with Crippen LogP contribution in [0.4, 0.5) is 0 Å². The lowest BCUT2D eigenvalue weighted by Gasteiger charge is -2.34. The van der Waals surface area contributed by atoms with Gasteiger partial charge in [-0.15, -0.1) is 5.10 Å². The molecule has 0 aliphatic carbocycles. The third-order valence-electron chi connectivity index (χ3n) is 3.68. The molecule has 5 heteroatoms. The molecule has 1 fully saturated rings. The van der Waals surface area contributed by atoms with E-state index in [0.717, 1.165) is 5.69 Å². The molecular weight excluding hydrogens is 230 g/mol. The van der Waals surface area contributed by atoms with Gasteiger partial charge < -0.3 is 4.74 Å². The quantitative estimate of drug-likeness (QED) is 0.802. The summed E-state index contributed by atoms with van der Waals surface area (Å²) in [6.45, 7) is 9.10. The molecule has 1 aromatic rings. The van der Waals surface area contributed by atoms with Crippen LogP contribution in [-0.4, -0.2) is 34.0 Å². The van der Waals surface area contributed by atoms with Crippen molar-refractivity contribution in [2.45, 2.75) is 51.5 Å². The van der Waals surface area contributed by atoms with Crippen LogP contribution in [0.2, 0.25) is 0 Å². The Bertz CT molecular complexity index is 439. The number of ether oxygens (including phenoxy) is 1. The van der Waals surface area contributed by atoms with Crippen LogP contribution in [0, 0.1) is 0 Å². The number of Topliss-reactive ketones (excluding diaryl/α,β-unsaturated/α-hetero) is 1. The van der Waals surface area contributed by atoms with E-state index in [9.17, 15) is 4.79 Å². The van der Waals surface area contributed by atoms with Gasteiger partial charge in [0.1, 0.15) is 5.54 Å². The SMILES string of the molecule is CC(=O)C1(n2cc(C(C)(C)C)nn2)CCOCC1. The van der Waals surface area contributed by atoms with Crippen LogP contribution in [0.1, 0.15) is 46.2 Å². The van der Waals surface area contributed by atoms with E-state index in [4.69, 9.17) is 4.74 Å². The number of aromatic nitrogens is 3. The summed E-state index contributed by atoms with van der Waals surface area (Å²) in [5.41, 5.74) is 0.297. The summed E-state index contributed by atoms with van der Waals surface area (Å²) in [7, 11) is 0. The Morgan fingerprint density at radius 1 is 1.39 bits per heavy atom. The molecule has 0 N–H and O–H groups in total. The second-order valence-electron chi connectivity index (χ2n) is 6.00. The summed E-state index contributed by atoms with van der Waals surface area (Å²) in [6, 6.07) is 0.